The second kappa shape index (κ2) is 4.74. The van der Waals surface area contributed by atoms with Crippen LogP contribution >= 0.6 is 12.2 Å². The van der Waals surface area contributed by atoms with E-state index >= 15 is 0 Å². The predicted molar refractivity (Wildman–Crippen MR) is 85.1 cm³/mol. The number of nitrogens with two attached hydrogens (primary N) is 1. The average molecular weight is 289 g/mol. The molecule has 1 aromatic carbocycles. The number of carbonyl (C=O) groups excluding carboxylic acids is 1. The molecular formula is C15H19N3OS. The van der Waals surface area contributed by atoms with Crippen LogP contribution in [-0.2, 0) is 4.79 Å². The third kappa shape index (κ3) is 1.80. The maximum absolute atomic E-state index is 13.0. The van der Waals surface area contributed by atoms with Crippen molar-refractivity contribution in [2.24, 2.45) is 11.1 Å². The summed E-state index contributed by atoms with van der Waals surface area (Å²) in [6.07, 6.45) is 2.60. The topological polar surface area (TPSA) is 49.6 Å². The summed E-state index contributed by atoms with van der Waals surface area (Å²) in [6.45, 7) is 1.52. The predicted octanol–water partition coefficient (Wildman–Crippen LogP) is 1.93. The smallest absolute Gasteiger partial charge is 0.240 e. The van der Waals surface area contributed by atoms with Crippen LogP contribution < -0.4 is 15.5 Å². The minimum absolute atomic E-state index is 0.0804. The molecule has 5 heteroatoms. The van der Waals surface area contributed by atoms with Crippen molar-refractivity contribution in [1.29, 1.82) is 0 Å². The van der Waals surface area contributed by atoms with Gasteiger partial charge in [0.05, 0.1) is 21.8 Å². The van der Waals surface area contributed by atoms with Crippen LogP contribution in [0.5, 0.6) is 0 Å². The summed E-state index contributed by atoms with van der Waals surface area (Å²) in [5.74, 6) is 0.0804. The van der Waals surface area contributed by atoms with Crippen molar-refractivity contribution in [3.05, 3.63) is 24.3 Å². The third-order valence-corrected chi connectivity index (χ3v) is 4.97. The molecule has 20 heavy (non-hydrogen) atoms. The van der Waals surface area contributed by atoms with E-state index in [1.54, 1.807) is 0 Å². The van der Waals surface area contributed by atoms with Crippen LogP contribution in [0.4, 0.5) is 11.4 Å². The molecule has 0 aromatic heterocycles. The van der Waals surface area contributed by atoms with Crippen molar-refractivity contribution >= 4 is 34.5 Å². The Bertz CT molecular complexity index is 568. The van der Waals surface area contributed by atoms with Gasteiger partial charge in [-0.25, -0.2) is 0 Å². The van der Waals surface area contributed by atoms with Gasteiger partial charge < -0.3 is 15.5 Å². The fraction of sp³-hybridized carbons (Fsp3) is 0.467. The standard InChI is InChI=1S/C15H19N3OS/c1-17-9-10-18(12-6-3-2-5-11(12)17)14(19)15(13(16)20)7-4-8-15/h2-3,5-6H,4,7-10H2,1H3,(H2,16,20). The van der Waals surface area contributed by atoms with Gasteiger partial charge in [-0.2, -0.15) is 0 Å². The van der Waals surface area contributed by atoms with Gasteiger partial charge >= 0.3 is 0 Å². The number of anilines is 2. The molecule has 1 aromatic rings. The molecule has 2 N–H and O–H groups in total. The van der Waals surface area contributed by atoms with E-state index in [4.69, 9.17) is 18.0 Å². The molecule has 4 nitrogen and oxygen atoms in total. The van der Waals surface area contributed by atoms with Crippen LogP contribution in [0.15, 0.2) is 24.3 Å². The summed E-state index contributed by atoms with van der Waals surface area (Å²) in [5.41, 5.74) is 7.32. The highest BCUT2D eigenvalue weighted by molar-refractivity contribution is 7.80. The Morgan fingerprint density at radius 2 is 1.90 bits per heavy atom. The molecule has 0 atom stereocenters. The molecule has 1 fully saturated rings. The number of nitrogens with zero attached hydrogens (tertiary/aromatic N) is 2. The Balaban J connectivity index is 1.98. The van der Waals surface area contributed by atoms with Crippen molar-refractivity contribution in [3.8, 4) is 0 Å². The fourth-order valence-electron chi connectivity index (χ4n) is 3.07. The lowest BCUT2D eigenvalue weighted by molar-refractivity contribution is -0.128. The van der Waals surface area contributed by atoms with Gasteiger partial charge in [-0.1, -0.05) is 30.8 Å². The van der Waals surface area contributed by atoms with Crippen molar-refractivity contribution < 1.29 is 4.79 Å². The first-order valence-electron chi connectivity index (χ1n) is 6.98. The zero-order chi connectivity index (χ0) is 14.3. The largest absolute Gasteiger partial charge is 0.392 e. The minimum Gasteiger partial charge on any atom is -0.392 e. The number of rotatable bonds is 2. The Morgan fingerprint density at radius 3 is 2.45 bits per heavy atom. The molecule has 0 radical (unpaired) electrons. The van der Waals surface area contributed by atoms with Crippen LogP contribution in [-0.4, -0.2) is 31.0 Å². The first-order chi connectivity index (χ1) is 9.56. The summed E-state index contributed by atoms with van der Waals surface area (Å²) in [6, 6.07) is 8.00. The van der Waals surface area contributed by atoms with Crippen molar-refractivity contribution in [2.45, 2.75) is 19.3 Å². The zero-order valence-corrected chi connectivity index (χ0v) is 12.4. The van der Waals surface area contributed by atoms with Gasteiger partial charge in [0.15, 0.2) is 0 Å². The number of benzene rings is 1. The summed E-state index contributed by atoms with van der Waals surface area (Å²) in [4.78, 5) is 17.3. The van der Waals surface area contributed by atoms with Gasteiger partial charge in [0.25, 0.3) is 0 Å². The highest BCUT2D eigenvalue weighted by Gasteiger charge is 2.49. The number of amides is 1. The maximum Gasteiger partial charge on any atom is 0.240 e. The fourth-order valence-corrected chi connectivity index (χ4v) is 3.36. The monoisotopic (exact) mass is 289 g/mol. The molecule has 1 amide bonds. The normalized spacial score (nSPS) is 20.1. The van der Waals surface area contributed by atoms with Crippen LogP contribution in [0.3, 0.4) is 0 Å². The number of likely N-dealkylation sites (N-methyl/N-ethyl adjacent to an activating group) is 1. The number of hydrogen-bond acceptors (Lipinski definition) is 3. The quantitative estimate of drug-likeness (QED) is 0.845. The molecule has 3 rings (SSSR count). The maximum atomic E-state index is 13.0. The molecule has 0 bridgehead atoms. The van der Waals surface area contributed by atoms with Crippen molar-refractivity contribution in [2.75, 3.05) is 29.9 Å². The van der Waals surface area contributed by atoms with Gasteiger partial charge in [-0.05, 0) is 25.0 Å². The van der Waals surface area contributed by atoms with E-state index in [1.165, 1.54) is 0 Å². The lowest BCUT2D eigenvalue weighted by Crippen LogP contribution is -2.56. The Morgan fingerprint density at radius 1 is 1.25 bits per heavy atom. The Kier molecular flexibility index (Phi) is 3.17. The van der Waals surface area contributed by atoms with Crippen molar-refractivity contribution in [1.82, 2.24) is 0 Å². The molecule has 0 unspecified atom stereocenters. The number of para-hydroxylation sites is 2. The first-order valence-corrected chi connectivity index (χ1v) is 7.39. The second-order valence-electron chi connectivity index (χ2n) is 5.67. The number of fused-ring (bicyclic) bond motifs is 1. The zero-order valence-electron chi connectivity index (χ0n) is 11.6. The molecule has 0 saturated heterocycles. The van der Waals surface area contributed by atoms with Gasteiger partial charge in [0.2, 0.25) is 5.91 Å². The van der Waals surface area contributed by atoms with Crippen molar-refractivity contribution in [3.63, 3.8) is 0 Å². The van der Waals surface area contributed by atoms with E-state index in [1.807, 2.05) is 36.2 Å². The minimum atomic E-state index is -0.599. The molecule has 2 aliphatic rings. The lowest BCUT2D eigenvalue weighted by Gasteiger charge is -2.45. The summed E-state index contributed by atoms with van der Waals surface area (Å²) in [7, 11) is 2.05. The number of thiocarbonyl (C=S) groups is 1. The van der Waals surface area contributed by atoms with E-state index in [0.29, 0.717) is 11.5 Å². The summed E-state index contributed by atoms with van der Waals surface area (Å²) < 4.78 is 0. The summed E-state index contributed by atoms with van der Waals surface area (Å²) >= 11 is 5.17. The molecule has 0 spiro atoms. The van der Waals surface area contributed by atoms with E-state index in [-0.39, 0.29) is 5.91 Å². The van der Waals surface area contributed by atoms with Gasteiger partial charge in [-0.3, -0.25) is 4.79 Å². The molecule has 106 valence electrons. The number of carbonyl (C=O) groups is 1. The third-order valence-electron chi connectivity index (χ3n) is 4.58. The Labute approximate surface area is 124 Å². The van der Waals surface area contributed by atoms with E-state index < -0.39 is 5.41 Å². The molecule has 1 aliphatic carbocycles. The highest BCUT2D eigenvalue weighted by atomic mass is 32.1. The van der Waals surface area contributed by atoms with Crippen LogP contribution in [0.2, 0.25) is 0 Å². The summed E-state index contributed by atoms with van der Waals surface area (Å²) in [5, 5.41) is 0. The van der Waals surface area contributed by atoms with Crippen LogP contribution in [0, 0.1) is 5.41 Å². The van der Waals surface area contributed by atoms with Crippen LogP contribution in [0.1, 0.15) is 19.3 Å². The molecule has 1 saturated carbocycles. The molecular weight excluding hydrogens is 270 g/mol. The first kappa shape index (κ1) is 13.4. The average Bonchev–Trinajstić information content (AvgIpc) is 2.37. The molecule has 1 aliphatic heterocycles. The van der Waals surface area contributed by atoms with E-state index in [9.17, 15) is 4.79 Å². The number of hydrogen-bond donors (Lipinski definition) is 1. The highest BCUT2D eigenvalue weighted by Crippen LogP contribution is 2.45. The lowest BCUT2D eigenvalue weighted by atomic mass is 9.67. The van der Waals surface area contributed by atoms with Gasteiger partial charge in [0, 0.05) is 20.1 Å². The molecule has 1 heterocycles. The van der Waals surface area contributed by atoms with Gasteiger partial charge in [0.1, 0.15) is 0 Å². The van der Waals surface area contributed by atoms with E-state index in [0.717, 1.165) is 37.2 Å². The second-order valence-corrected chi connectivity index (χ2v) is 6.11. The van der Waals surface area contributed by atoms with Gasteiger partial charge in [-0.15, -0.1) is 0 Å². The van der Waals surface area contributed by atoms with Crippen LogP contribution in [0.25, 0.3) is 0 Å². The SMILES string of the molecule is CN1CCN(C(=O)C2(C(N)=S)CCC2)c2ccccc21. The Hall–Kier alpha value is -1.62. The van der Waals surface area contributed by atoms with E-state index in [2.05, 4.69) is 4.90 Å².